The lowest BCUT2D eigenvalue weighted by Gasteiger charge is -2.18. The fraction of sp³-hybridized carbons (Fsp3) is 0.615. The summed E-state index contributed by atoms with van der Waals surface area (Å²) in [5.41, 5.74) is 6.82. The van der Waals surface area contributed by atoms with Gasteiger partial charge in [-0.3, -0.25) is 4.57 Å². The van der Waals surface area contributed by atoms with Crippen molar-refractivity contribution in [2.45, 2.75) is 44.3 Å². The molecule has 0 radical (unpaired) electrons. The van der Waals surface area contributed by atoms with Crippen molar-refractivity contribution in [3.63, 3.8) is 0 Å². The first kappa shape index (κ1) is 14.2. The second kappa shape index (κ2) is 5.55. The van der Waals surface area contributed by atoms with Crippen molar-refractivity contribution in [2.75, 3.05) is 12.8 Å². The minimum atomic E-state index is -0.792. The van der Waals surface area contributed by atoms with Crippen molar-refractivity contribution < 1.29 is 14.6 Å². The Morgan fingerprint density at radius 3 is 2.95 bits per heavy atom. The fourth-order valence-electron chi connectivity index (χ4n) is 2.81. The smallest absolute Gasteiger partial charge is 0.167 e. The van der Waals surface area contributed by atoms with E-state index in [0.717, 1.165) is 12.8 Å². The van der Waals surface area contributed by atoms with Crippen LogP contribution in [0, 0.1) is 0 Å². The fourth-order valence-corrected chi connectivity index (χ4v) is 2.81. The van der Waals surface area contributed by atoms with Crippen molar-refractivity contribution in [3.05, 3.63) is 12.7 Å². The molecular weight excluding hydrogens is 274 g/mol. The topological polar surface area (TPSA) is 108 Å². The van der Waals surface area contributed by atoms with E-state index in [2.05, 4.69) is 21.9 Å². The number of nitrogens with two attached hydrogens (primary N) is 1. The van der Waals surface area contributed by atoms with Gasteiger partial charge in [0.25, 0.3) is 0 Å². The number of aromatic nitrogens is 4. The zero-order chi connectivity index (χ0) is 15.0. The van der Waals surface area contributed by atoms with Gasteiger partial charge in [-0.05, 0) is 6.42 Å². The average molecular weight is 293 g/mol. The third kappa shape index (κ3) is 2.25. The minimum absolute atomic E-state index is 0.156. The Hall–Kier alpha value is -1.77. The van der Waals surface area contributed by atoms with Gasteiger partial charge in [0.2, 0.25) is 0 Å². The van der Waals surface area contributed by atoms with Gasteiger partial charge in [0.1, 0.15) is 24.1 Å². The zero-order valence-electron chi connectivity index (χ0n) is 12.0. The first-order valence-corrected chi connectivity index (χ1v) is 6.96. The molecule has 1 aliphatic rings. The molecule has 4 atom stereocenters. The molecule has 8 nitrogen and oxygen atoms in total. The van der Waals surface area contributed by atoms with Gasteiger partial charge in [0.05, 0.1) is 12.4 Å². The number of aliphatic hydroxyl groups excluding tert-OH is 1. The predicted octanol–water partition coefficient (Wildman–Crippen LogP) is 0.482. The van der Waals surface area contributed by atoms with Crippen LogP contribution in [0.25, 0.3) is 11.2 Å². The average Bonchev–Trinajstić information content (AvgIpc) is 3.02. The molecule has 0 aromatic carbocycles. The molecule has 3 N–H and O–H groups in total. The number of ether oxygens (including phenoxy) is 2. The van der Waals surface area contributed by atoms with Crippen LogP contribution in [0.5, 0.6) is 0 Å². The highest BCUT2D eigenvalue weighted by Gasteiger charge is 2.44. The predicted molar refractivity (Wildman–Crippen MR) is 75.4 cm³/mol. The normalized spacial score (nSPS) is 29.3. The second-order valence-electron chi connectivity index (χ2n) is 5.13. The van der Waals surface area contributed by atoms with E-state index in [1.165, 1.54) is 6.33 Å². The Bertz CT molecular complexity index is 631. The number of aliphatic hydroxyl groups is 1. The number of methoxy groups -OCH3 is 1. The molecule has 1 aliphatic heterocycles. The molecule has 0 bridgehead atoms. The molecular formula is C13H19N5O3. The number of hydrogen-bond acceptors (Lipinski definition) is 7. The number of nitrogens with zero attached hydrogens (tertiary/aromatic N) is 4. The largest absolute Gasteiger partial charge is 0.386 e. The van der Waals surface area contributed by atoms with Crippen LogP contribution in [0.15, 0.2) is 12.7 Å². The van der Waals surface area contributed by atoms with Crippen LogP contribution in [0.1, 0.15) is 26.0 Å². The van der Waals surface area contributed by atoms with Gasteiger partial charge in [-0.15, -0.1) is 0 Å². The lowest BCUT2D eigenvalue weighted by molar-refractivity contribution is -0.0372. The van der Waals surface area contributed by atoms with E-state index in [1.54, 1.807) is 18.0 Å². The minimum Gasteiger partial charge on any atom is -0.386 e. The van der Waals surface area contributed by atoms with Crippen LogP contribution in [0.4, 0.5) is 5.82 Å². The third-order valence-electron chi connectivity index (χ3n) is 3.82. The van der Waals surface area contributed by atoms with E-state index in [9.17, 15) is 5.11 Å². The SMILES string of the molecule is CCC[C@H]1O[C@@H](n2cnc3c(N)ncnc32)[C@@H](O)C1OC. The van der Waals surface area contributed by atoms with Gasteiger partial charge in [0, 0.05) is 7.11 Å². The van der Waals surface area contributed by atoms with Crippen LogP contribution in [0.3, 0.4) is 0 Å². The number of fused-ring (bicyclic) bond motifs is 1. The number of anilines is 1. The molecule has 1 fully saturated rings. The van der Waals surface area contributed by atoms with Crippen LogP contribution in [-0.4, -0.2) is 50.0 Å². The monoisotopic (exact) mass is 293 g/mol. The van der Waals surface area contributed by atoms with E-state index in [-0.39, 0.29) is 12.2 Å². The highest BCUT2D eigenvalue weighted by atomic mass is 16.6. The van der Waals surface area contributed by atoms with Gasteiger partial charge >= 0.3 is 0 Å². The molecule has 3 heterocycles. The molecule has 1 unspecified atom stereocenters. The van der Waals surface area contributed by atoms with E-state index < -0.39 is 12.3 Å². The molecule has 2 aromatic rings. The maximum atomic E-state index is 10.5. The molecule has 8 heteroatoms. The van der Waals surface area contributed by atoms with E-state index in [0.29, 0.717) is 17.0 Å². The van der Waals surface area contributed by atoms with Crippen LogP contribution < -0.4 is 5.73 Å². The Kier molecular flexibility index (Phi) is 3.75. The summed E-state index contributed by atoms with van der Waals surface area (Å²) >= 11 is 0. The Morgan fingerprint density at radius 1 is 1.43 bits per heavy atom. The first-order valence-electron chi connectivity index (χ1n) is 6.96. The van der Waals surface area contributed by atoms with Crippen LogP contribution in [-0.2, 0) is 9.47 Å². The molecule has 1 saturated heterocycles. The number of hydrogen-bond donors (Lipinski definition) is 2. The van der Waals surface area contributed by atoms with E-state index in [4.69, 9.17) is 15.2 Å². The maximum absolute atomic E-state index is 10.5. The first-order chi connectivity index (χ1) is 10.2. The second-order valence-corrected chi connectivity index (χ2v) is 5.13. The summed E-state index contributed by atoms with van der Waals surface area (Å²) < 4.78 is 13.0. The maximum Gasteiger partial charge on any atom is 0.167 e. The highest BCUT2D eigenvalue weighted by molar-refractivity contribution is 5.81. The molecule has 0 amide bonds. The van der Waals surface area contributed by atoms with E-state index in [1.807, 2.05) is 0 Å². The standard InChI is InChI=1S/C13H19N5O3/c1-3-4-7-10(20-2)9(19)13(21-7)18-6-17-8-11(14)15-5-16-12(8)18/h5-7,9-10,13,19H,3-4H2,1-2H3,(H2,14,15,16)/t7-,9+,10?,13-/m1/s1. The highest BCUT2D eigenvalue weighted by Crippen LogP contribution is 2.34. The Labute approximate surface area is 121 Å². The van der Waals surface area contributed by atoms with Gasteiger partial charge < -0.3 is 20.3 Å². The van der Waals surface area contributed by atoms with Crippen molar-refractivity contribution >= 4 is 17.0 Å². The van der Waals surface area contributed by atoms with Crippen molar-refractivity contribution in [3.8, 4) is 0 Å². The van der Waals surface area contributed by atoms with Crippen molar-refractivity contribution in [1.82, 2.24) is 19.5 Å². The summed E-state index contributed by atoms with van der Waals surface area (Å²) in [6.07, 6.45) is 2.78. The quantitative estimate of drug-likeness (QED) is 0.844. The van der Waals surface area contributed by atoms with E-state index >= 15 is 0 Å². The van der Waals surface area contributed by atoms with Crippen LogP contribution >= 0.6 is 0 Å². The summed E-state index contributed by atoms with van der Waals surface area (Å²) in [4.78, 5) is 12.3. The Morgan fingerprint density at radius 2 is 2.24 bits per heavy atom. The van der Waals surface area contributed by atoms with Gasteiger partial charge in [-0.25, -0.2) is 15.0 Å². The molecule has 21 heavy (non-hydrogen) atoms. The summed E-state index contributed by atoms with van der Waals surface area (Å²) in [6, 6.07) is 0. The number of nitrogen functional groups attached to an aromatic ring is 1. The third-order valence-corrected chi connectivity index (χ3v) is 3.82. The molecule has 0 saturated carbocycles. The Balaban J connectivity index is 1.97. The van der Waals surface area contributed by atoms with Crippen molar-refractivity contribution in [2.24, 2.45) is 0 Å². The summed E-state index contributed by atoms with van der Waals surface area (Å²) in [5.74, 6) is 0.305. The summed E-state index contributed by atoms with van der Waals surface area (Å²) in [5, 5.41) is 10.5. The number of imidazole rings is 1. The molecule has 2 aromatic heterocycles. The van der Waals surface area contributed by atoms with Crippen LogP contribution in [0.2, 0.25) is 0 Å². The molecule has 0 aliphatic carbocycles. The number of rotatable bonds is 4. The molecule has 3 rings (SSSR count). The van der Waals surface area contributed by atoms with Crippen molar-refractivity contribution in [1.29, 1.82) is 0 Å². The van der Waals surface area contributed by atoms with Gasteiger partial charge in [-0.2, -0.15) is 0 Å². The van der Waals surface area contributed by atoms with Gasteiger partial charge in [0.15, 0.2) is 17.7 Å². The zero-order valence-corrected chi connectivity index (χ0v) is 12.0. The molecule has 0 spiro atoms. The molecule has 114 valence electrons. The van der Waals surface area contributed by atoms with Gasteiger partial charge in [-0.1, -0.05) is 13.3 Å². The lowest BCUT2D eigenvalue weighted by atomic mass is 10.1. The lowest BCUT2D eigenvalue weighted by Crippen LogP contribution is -2.33. The summed E-state index contributed by atoms with van der Waals surface area (Å²) in [7, 11) is 1.58. The summed E-state index contributed by atoms with van der Waals surface area (Å²) in [6.45, 7) is 2.07.